The van der Waals surface area contributed by atoms with Crippen LogP contribution in [0.5, 0.6) is 0 Å². The van der Waals surface area contributed by atoms with E-state index in [9.17, 15) is 4.79 Å². The number of aromatic nitrogens is 3. The molecule has 3 heterocycles. The zero-order chi connectivity index (χ0) is 16.1. The molecule has 5 aromatic rings. The van der Waals surface area contributed by atoms with Gasteiger partial charge in [-0.2, -0.15) is 0 Å². The molecule has 0 aliphatic heterocycles. The third-order valence-electron chi connectivity index (χ3n) is 4.17. The van der Waals surface area contributed by atoms with Gasteiger partial charge in [-0.05, 0) is 11.6 Å². The van der Waals surface area contributed by atoms with E-state index in [0.29, 0.717) is 15.9 Å². The Morgan fingerprint density at radius 2 is 1.71 bits per heavy atom. The van der Waals surface area contributed by atoms with Gasteiger partial charge in [0.25, 0.3) is 5.56 Å². The van der Waals surface area contributed by atoms with Gasteiger partial charge in [-0.25, -0.2) is 4.98 Å². The van der Waals surface area contributed by atoms with Crippen LogP contribution in [0.15, 0.2) is 71.0 Å². The van der Waals surface area contributed by atoms with E-state index in [0.717, 1.165) is 22.2 Å². The predicted octanol–water partition coefficient (Wildman–Crippen LogP) is 4.12. The Kier molecular flexibility index (Phi) is 2.78. The van der Waals surface area contributed by atoms with E-state index < -0.39 is 0 Å². The molecule has 2 aromatic carbocycles. The predicted molar refractivity (Wildman–Crippen MR) is 97.6 cm³/mol. The number of pyridine rings is 1. The molecule has 0 unspecified atom stereocenters. The van der Waals surface area contributed by atoms with Crippen molar-refractivity contribution in [2.45, 2.75) is 0 Å². The highest BCUT2D eigenvalue weighted by atomic mass is 32.1. The fourth-order valence-corrected chi connectivity index (χ4v) is 3.90. The number of benzene rings is 2. The third kappa shape index (κ3) is 1.82. The number of para-hydroxylation sites is 1. The van der Waals surface area contributed by atoms with Crippen molar-refractivity contribution in [1.82, 2.24) is 14.4 Å². The Morgan fingerprint density at radius 1 is 0.917 bits per heavy atom. The second-order valence-electron chi connectivity index (χ2n) is 5.56. The summed E-state index contributed by atoms with van der Waals surface area (Å²) < 4.78 is 1.68. The van der Waals surface area contributed by atoms with Gasteiger partial charge in [-0.15, -0.1) is 11.3 Å². The molecule has 24 heavy (non-hydrogen) atoms. The van der Waals surface area contributed by atoms with E-state index in [1.54, 1.807) is 10.6 Å². The first kappa shape index (κ1) is 13.4. The van der Waals surface area contributed by atoms with Crippen LogP contribution in [0, 0.1) is 0 Å². The van der Waals surface area contributed by atoms with Crippen LogP contribution in [-0.2, 0) is 0 Å². The molecule has 0 bridgehead atoms. The van der Waals surface area contributed by atoms with Crippen molar-refractivity contribution in [1.29, 1.82) is 0 Å². The molecule has 0 saturated carbocycles. The Hall–Kier alpha value is -3.05. The SMILES string of the molecule is O=c1c2cnc3ccccc3c2nc2scc(-c3ccccc3)n12. The maximum Gasteiger partial charge on any atom is 0.268 e. The summed E-state index contributed by atoms with van der Waals surface area (Å²) in [6, 6.07) is 17.7. The van der Waals surface area contributed by atoms with Gasteiger partial charge >= 0.3 is 0 Å². The van der Waals surface area contributed by atoms with E-state index in [2.05, 4.69) is 4.98 Å². The molecule has 0 radical (unpaired) electrons. The van der Waals surface area contributed by atoms with Gasteiger partial charge in [-0.1, -0.05) is 48.5 Å². The van der Waals surface area contributed by atoms with E-state index in [1.807, 2.05) is 60.0 Å². The Balaban J connectivity index is 1.95. The molecule has 5 rings (SSSR count). The monoisotopic (exact) mass is 329 g/mol. The van der Waals surface area contributed by atoms with Crippen molar-refractivity contribution in [2.24, 2.45) is 0 Å². The van der Waals surface area contributed by atoms with E-state index in [-0.39, 0.29) is 5.56 Å². The molecule has 0 saturated heterocycles. The summed E-state index contributed by atoms with van der Waals surface area (Å²) in [5.41, 5.74) is 3.35. The summed E-state index contributed by atoms with van der Waals surface area (Å²) in [5, 5.41) is 3.43. The number of hydrogen-bond acceptors (Lipinski definition) is 4. The van der Waals surface area contributed by atoms with E-state index in [1.165, 1.54) is 11.3 Å². The summed E-state index contributed by atoms with van der Waals surface area (Å²) in [4.78, 5) is 22.9. The molecule has 0 aliphatic rings. The van der Waals surface area contributed by atoms with Crippen molar-refractivity contribution in [3.8, 4) is 11.3 Å². The second-order valence-corrected chi connectivity index (χ2v) is 6.40. The molecule has 0 spiro atoms. The zero-order valence-electron chi connectivity index (χ0n) is 12.5. The normalized spacial score (nSPS) is 11.5. The lowest BCUT2D eigenvalue weighted by atomic mass is 10.1. The third-order valence-corrected chi connectivity index (χ3v) is 4.99. The van der Waals surface area contributed by atoms with Gasteiger partial charge in [-0.3, -0.25) is 14.2 Å². The minimum Gasteiger partial charge on any atom is -0.268 e. The fraction of sp³-hybridized carbons (Fsp3) is 0. The number of hydrogen-bond donors (Lipinski definition) is 0. The summed E-state index contributed by atoms with van der Waals surface area (Å²) in [6.45, 7) is 0. The molecule has 0 fully saturated rings. The summed E-state index contributed by atoms with van der Waals surface area (Å²) in [5.74, 6) is 0. The zero-order valence-corrected chi connectivity index (χ0v) is 13.3. The smallest absolute Gasteiger partial charge is 0.268 e. The summed E-state index contributed by atoms with van der Waals surface area (Å²) in [7, 11) is 0. The van der Waals surface area contributed by atoms with Gasteiger partial charge < -0.3 is 0 Å². The van der Waals surface area contributed by atoms with Crippen LogP contribution in [0.1, 0.15) is 0 Å². The van der Waals surface area contributed by atoms with Crippen molar-refractivity contribution >= 4 is 38.1 Å². The van der Waals surface area contributed by atoms with Crippen molar-refractivity contribution in [2.75, 3.05) is 0 Å². The minimum atomic E-state index is -0.0756. The standard InChI is InChI=1S/C19H11N3OS/c23-18-14-10-20-15-9-5-4-8-13(15)17(14)21-19-22(18)16(11-24-19)12-6-2-1-3-7-12/h1-11H. The second kappa shape index (κ2) is 4.97. The maximum absolute atomic E-state index is 13.1. The molecule has 4 nitrogen and oxygen atoms in total. The van der Waals surface area contributed by atoms with Gasteiger partial charge in [0.1, 0.15) is 0 Å². The number of nitrogens with zero attached hydrogens (tertiary/aromatic N) is 3. The first-order valence-electron chi connectivity index (χ1n) is 7.56. The van der Waals surface area contributed by atoms with E-state index >= 15 is 0 Å². The first-order chi connectivity index (χ1) is 11.8. The highest BCUT2D eigenvalue weighted by Crippen LogP contribution is 2.26. The van der Waals surface area contributed by atoms with Crippen LogP contribution >= 0.6 is 11.3 Å². The highest BCUT2D eigenvalue weighted by Gasteiger charge is 2.14. The maximum atomic E-state index is 13.1. The average Bonchev–Trinajstić information content (AvgIpc) is 3.07. The molecule has 3 aromatic heterocycles. The summed E-state index contributed by atoms with van der Waals surface area (Å²) in [6.07, 6.45) is 1.63. The molecule has 0 N–H and O–H groups in total. The van der Waals surface area contributed by atoms with Gasteiger partial charge in [0, 0.05) is 17.0 Å². The highest BCUT2D eigenvalue weighted by molar-refractivity contribution is 7.15. The number of thiazole rings is 1. The quantitative estimate of drug-likeness (QED) is 0.435. The lowest BCUT2D eigenvalue weighted by molar-refractivity contribution is 1.12. The molecular formula is C19H11N3OS. The lowest BCUT2D eigenvalue weighted by Crippen LogP contribution is -2.15. The van der Waals surface area contributed by atoms with Crippen LogP contribution < -0.4 is 5.56 Å². The molecule has 114 valence electrons. The molecular weight excluding hydrogens is 318 g/mol. The van der Waals surface area contributed by atoms with Gasteiger partial charge in [0.15, 0.2) is 4.96 Å². The summed E-state index contributed by atoms with van der Waals surface area (Å²) >= 11 is 1.48. The molecule has 5 heteroatoms. The average molecular weight is 329 g/mol. The Bertz CT molecular complexity index is 1270. The number of fused-ring (bicyclic) bond motifs is 4. The Labute approximate surface area is 140 Å². The number of rotatable bonds is 1. The topological polar surface area (TPSA) is 47.3 Å². The van der Waals surface area contributed by atoms with Crippen LogP contribution in [0.3, 0.4) is 0 Å². The lowest BCUT2D eigenvalue weighted by Gasteiger charge is -2.05. The van der Waals surface area contributed by atoms with Crippen LogP contribution in [-0.4, -0.2) is 14.4 Å². The van der Waals surface area contributed by atoms with Crippen LogP contribution in [0.25, 0.3) is 38.0 Å². The first-order valence-corrected chi connectivity index (χ1v) is 8.44. The molecule has 0 aliphatic carbocycles. The van der Waals surface area contributed by atoms with Crippen molar-refractivity contribution in [3.63, 3.8) is 0 Å². The van der Waals surface area contributed by atoms with Gasteiger partial charge in [0.2, 0.25) is 0 Å². The fourth-order valence-electron chi connectivity index (χ4n) is 3.02. The molecule has 0 atom stereocenters. The van der Waals surface area contributed by atoms with Crippen LogP contribution in [0.2, 0.25) is 0 Å². The van der Waals surface area contributed by atoms with Crippen molar-refractivity contribution < 1.29 is 0 Å². The van der Waals surface area contributed by atoms with Crippen LogP contribution in [0.4, 0.5) is 0 Å². The molecule has 0 amide bonds. The largest absolute Gasteiger partial charge is 0.268 e. The van der Waals surface area contributed by atoms with Crippen molar-refractivity contribution in [3.05, 3.63) is 76.5 Å². The van der Waals surface area contributed by atoms with E-state index in [4.69, 9.17) is 4.98 Å². The minimum absolute atomic E-state index is 0.0756. The van der Waals surface area contributed by atoms with Gasteiger partial charge in [0.05, 0.1) is 22.1 Å². The Morgan fingerprint density at radius 3 is 2.58 bits per heavy atom.